The van der Waals surface area contributed by atoms with Crippen molar-refractivity contribution in [3.63, 3.8) is 0 Å². The molecular formula is C14H20N2O2. The molecule has 0 aromatic heterocycles. The van der Waals surface area contributed by atoms with Gasteiger partial charge in [-0.2, -0.15) is 0 Å². The molecule has 1 amide bonds. The standard InChI is InChI=1S/C14H20N2O2/c1-10(12-7-8-18-9-12)16-14(17)13(15)11-5-3-2-4-6-11/h2-6,10,12-13H,7-9,15H2,1H3,(H,16,17)/t10?,12?,13-/m1/s1. The number of hydrogen-bond donors (Lipinski definition) is 2. The second-order valence-corrected chi connectivity index (χ2v) is 4.81. The second-order valence-electron chi connectivity index (χ2n) is 4.81. The molecule has 0 aliphatic carbocycles. The summed E-state index contributed by atoms with van der Waals surface area (Å²) in [7, 11) is 0. The molecule has 0 radical (unpaired) electrons. The summed E-state index contributed by atoms with van der Waals surface area (Å²) in [6.07, 6.45) is 1.00. The molecule has 18 heavy (non-hydrogen) atoms. The molecule has 98 valence electrons. The Kier molecular flexibility index (Phi) is 4.33. The van der Waals surface area contributed by atoms with E-state index in [9.17, 15) is 4.79 Å². The highest BCUT2D eigenvalue weighted by molar-refractivity contribution is 5.83. The zero-order chi connectivity index (χ0) is 13.0. The first-order chi connectivity index (χ1) is 8.68. The first-order valence-corrected chi connectivity index (χ1v) is 6.37. The van der Waals surface area contributed by atoms with Crippen LogP contribution in [0, 0.1) is 5.92 Å². The Hall–Kier alpha value is -1.39. The van der Waals surface area contributed by atoms with Crippen molar-refractivity contribution in [3.05, 3.63) is 35.9 Å². The third-order valence-electron chi connectivity index (χ3n) is 3.48. The van der Waals surface area contributed by atoms with Gasteiger partial charge in [0, 0.05) is 18.6 Å². The van der Waals surface area contributed by atoms with E-state index in [4.69, 9.17) is 10.5 Å². The normalized spacial score (nSPS) is 22.4. The lowest BCUT2D eigenvalue weighted by molar-refractivity contribution is -0.123. The van der Waals surface area contributed by atoms with Crippen molar-refractivity contribution in [2.75, 3.05) is 13.2 Å². The Morgan fingerprint density at radius 1 is 1.44 bits per heavy atom. The van der Waals surface area contributed by atoms with Gasteiger partial charge < -0.3 is 15.8 Å². The quantitative estimate of drug-likeness (QED) is 0.842. The molecule has 4 nitrogen and oxygen atoms in total. The fourth-order valence-electron chi connectivity index (χ4n) is 2.19. The zero-order valence-electron chi connectivity index (χ0n) is 10.6. The van der Waals surface area contributed by atoms with Crippen molar-refractivity contribution in [3.8, 4) is 0 Å². The molecule has 0 saturated carbocycles. The average Bonchev–Trinajstić information content (AvgIpc) is 2.92. The zero-order valence-corrected chi connectivity index (χ0v) is 10.6. The van der Waals surface area contributed by atoms with E-state index in [0.717, 1.165) is 25.2 Å². The van der Waals surface area contributed by atoms with Gasteiger partial charge in [0.05, 0.1) is 6.61 Å². The van der Waals surface area contributed by atoms with E-state index in [1.807, 2.05) is 37.3 Å². The SMILES string of the molecule is CC(NC(=O)[C@H](N)c1ccccc1)C1CCOC1. The molecule has 1 heterocycles. The van der Waals surface area contributed by atoms with Crippen LogP contribution in [0.5, 0.6) is 0 Å². The van der Waals surface area contributed by atoms with Gasteiger partial charge in [-0.15, -0.1) is 0 Å². The van der Waals surface area contributed by atoms with Gasteiger partial charge in [0.25, 0.3) is 0 Å². The van der Waals surface area contributed by atoms with Crippen LogP contribution in [-0.4, -0.2) is 25.2 Å². The van der Waals surface area contributed by atoms with Crippen molar-refractivity contribution < 1.29 is 9.53 Å². The lowest BCUT2D eigenvalue weighted by atomic mass is 9.99. The maximum Gasteiger partial charge on any atom is 0.241 e. The number of carbonyl (C=O) groups excluding carboxylic acids is 1. The van der Waals surface area contributed by atoms with Crippen LogP contribution in [0.4, 0.5) is 0 Å². The monoisotopic (exact) mass is 248 g/mol. The van der Waals surface area contributed by atoms with Crippen molar-refractivity contribution in [1.29, 1.82) is 0 Å². The first kappa shape index (κ1) is 13.1. The van der Waals surface area contributed by atoms with E-state index in [0.29, 0.717) is 5.92 Å². The van der Waals surface area contributed by atoms with Gasteiger partial charge in [0.1, 0.15) is 6.04 Å². The Bertz CT molecular complexity index is 388. The molecule has 2 rings (SSSR count). The molecule has 4 heteroatoms. The summed E-state index contributed by atoms with van der Waals surface area (Å²) in [6.45, 7) is 3.52. The van der Waals surface area contributed by atoms with Gasteiger partial charge in [-0.1, -0.05) is 30.3 Å². The summed E-state index contributed by atoms with van der Waals surface area (Å²) in [5.41, 5.74) is 6.78. The smallest absolute Gasteiger partial charge is 0.241 e. The van der Waals surface area contributed by atoms with E-state index in [-0.39, 0.29) is 11.9 Å². The van der Waals surface area contributed by atoms with E-state index in [1.54, 1.807) is 0 Å². The summed E-state index contributed by atoms with van der Waals surface area (Å²) in [6, 6.07) is 8.92. The number of rotatable bonds is 4. The molecule has 0 spiro atoms. The van der Waals surface area contributed by atoms with Crippen LogP contribution in [0.1, 0.15) is 24.9 Å². The number of nitrogens with one attached hydrogen (secondary N) is 1. The molecule has 0 bridgehead atoms. The first-order valence-electron chi connectivity index (χ1n) is 6.37. The highest BCUT2D eigenvalue weighted by Crippen LogP contribution is 2.17. The number of hydrogen-bond acceptors (Lipinski definition) is 3. The molecule has 3 atom stereocenters. The molecule has 3 N–H and O–H groups in total. The van der Waals surface area contributed by atoms with E-state index < -0.39 is 6.04 Å². The number of amides is 1. The van der Waals surface area contributed by atoms with Crippen molar-refractivity contribution in [2.45, 2.75) is 25.4 Å². The maximum absolute atomic E-state index is 12.0. The van der Waals surface area contributed by atoms with E-state index >= 15 is 0 Å². The third kappa shape index (κ3) is 3.09. The van der Waals surface area contributed by atoms with Crippen molar-refractivity contribution >= 4 is 5.91 Å². The van der Waals surface area contributed by atoms with Gasteiger partial charge in [0.2, 0.25) is 5.91 Å². The molecule has 1 aromatic rings. The third-order valence-corrected chi connectivity index (χ3v) is 3.48. The maximum atomic E-state index is 12.0. The summed E-state index contributed by atoms with van der Waals surface area (Å²) >= 11 is 0. The van der Waals surface area contributed by atoms with Crippen LogP contribution in [0.15, 0.2) is 30.3 Å². The van der Waals surface area contributed by atoms with Gasteiger partial charge in [-0.25, -0.2) is 0 Å². The molecular weight excluding hydrogens is 228 g/mol. The molecule has 1 aromatic carbocycles. The Morgan fingerprint density at radius 2 is 2.17 bits per heavy atom. The van der Waals surface area contributed by atoms with Gasteiger partial charge >= 0.3 is 0 Å². The summed E-state index contributed by atoms with van der Waals surface area (Å²) < 4.78 is 5.32. The van der Waals surface area contributed by atoms with Crippen LogP contribution in [0.2, 0.25) is 0 Å². The molecule has 1 aliphatic rings. The average molecular weight is 248 g/mol. The van der Waals surface area contributed by atoms with Gasteiger partial charge in [-0.05, 0) is 18.9 Å². The Morgan fingerprint density at radius 3 is 2.78 bits per heavy atom. The van der Waals surface area contributed by atoms with Crippen LogP contribution in [0.3, 0.4) is 0 Å². The second kappa shape index (κ2) is 5.98. The van der Waals surface area contributed by atoms with Crippen molar-refractivity contribution in [2.24, 2.45) is 11.7 Å². The number of carbonyl (C=O) groups is 1. The summed E-state index contributed by atoms with van der Waals surface area (Å²) in [4.78, 5) is 12.0. The fourth-order valence-corrected chi connectivity index (χ4v) is 2.19. The van der Waals surface area contributed by atoms with E-state index in [2.05, 4.69) is 5.32 Å². The van der Waals surface area contributed by atoms with Gasteiger partial charge in [0.15, 0.2) is 0 Å². The predicted octanol–water partition coefficient (Wildman–Crippen LogP) is 1.23. The van der Waals surface area contributed by atoms with Crippen LogP contribution in [0.25, 0.3) is 0 Å². The predicted molar refractivity (Wildman–Crippen MR) is 69.9 cm³/mol. The summed E-state index contributed by atoms with van der Waals surface area (Å²) in [5, 5.41) is 2.98. The number of ether oxygens (including phenoxy) is 1. The minimum Gasteiger partial charge on any atom is -0.381 e. The largest absolute Gasteiger partial charge is 0.381 e. The lowest BCUT2D eigenvalue weighted by Crippen LogP contribution is -2.43. The van der Waals surface area contributed by atoms with Crippen LogP contribution < -0.4 is 11.1 Å². The van der Waals surface area contributed by atoms with Crippen LogP contribution >= 0.6 is 0 Å². The highest BCUT2D eigenvalue weighted by atomic mass is 16.5. The Balaban J connectivity index is 1.91. The minimum absolute atomic E-state index is 0.106. The molecule has 2 unspecified atom stereocenters. The number of benzene rings is 1. The van der Waals surface area contributed by atoms with Gasteiger partial charge in [-0.3, -0.25) is 4.79 Å². The Labute approximate surface area is 108 Å². The lowest BCUT2D eigenvalue weighted by Gasteiger charge is -2.21. The minimum atomic E-state index is -0.601. The molecule has 1 fully saturated rings. The van der Waals surface area contributed by atoms with E-state index in [1.165, 1.54) is 0 Å². The fraction of sp³-hybridized carbons (Fsp3) is 0.500. The van der Waals surface area contributed by atoms with Crippen molar-refractivity contribution in [1.82, 2.24) is 5.32 Å². The van der Waals surface area contributed by atoms with Crippen LogP contribution in [-0.2, 0) is 9.53 Å². The highest BCUT2D eigenvalue weighted by Gasteiger charge is 2.25. The molecule has 1 aliphatic heterocycles. The topological polar surface area (TPSA) is 64.4 Å². The number of nitrogens with two attached hydrogens (primary N) is 1. The molecule has 1 saturated heterocycles. The summed E-state index contributed by atoms with van der Waals surface area (Å²) in [5.74, 6) is 0.275.